The first-order valence-corrected chi connectivity index (χ1v) is 20.0. The summed E-state index contributed by atoms with van der Waals surface area (Å²) in [5, 5.41) is 9.97. The molecule has 9 aromatic carbocycles. The van der Waals surface area contributed by atoms with E-state index in [1.165, 1.54) is 92.9 Å². The van der Waals surface area contributed by atoms with Gasteiger partial charge in [0.2, 0.25) is 0 Å². The van der Waals surface area contributed by atoms with Gasteiger partial charge in [0.05, 0.1) is 49.8 Å². The van der Waals surface area contributed by atoms with E-state index in [-0.39, 0.29) is 0 Å². The maximum atomic E-state index is 2.46. The second-order valence-electron chi connectivity index (χ2n) is 15.3. The Bertz CT molecular complexity index is 3740. The molecule has 4 heteroatoms. The van der Waals surface area contributed by atoms with Gasteiger partial charge in [-0.1, -0.05) is 121 Å². The van der Waals surface area contributed by atoms with Gasteiger partial charge in [-0.2, -0.15) is 0 Å². The molecule has 0 fully saturated rings. The molecule has 0 aliphatic heterocycles. The van der Waals surface area contributed by atoms with E-state index in [2.05, 4.69) is 225 Å². The van der Waals surface area contributed by atoms with Crippen LogP contribution in [-0.2, 0) is 0 Å². The summed E-state index contributed by atoms with van der Waals surface area (Å²) in [7, 11) is 0. The lowest BCUT2D eigenvalue weighted by atomic mass is 10.1. The number of rotatable bonds is 4. The zero-order valence-electron chi connectivity index (χ0n) is 31.4. The van der Waals surface area contributed by atoms with Crippen LogP contribution in [0.3, 0.4) is 0 Å². The molecule has 4 aromatic heterocycles. The molecular weight excluding hydrogens is 705 g/mol. The van der Waals surface area contributed by atoms with E-state index in [0.29, 0.717) is 0 Å². The van der Waals surface area contributed by atoms with Crippen LogP contribution in [0.15, 0.2) is 206 Å². The van der Waals surface area contributed by atoms with E-state index in [1.54, 1.807) is 0 Å². The van der Waals surface area contributed by atoms with Gasteiger partial charge in [0.15, 0.2) is 0 Å². The summed E-state index contributed by atoms with van der Waals surface area (Å²) >= 11 is 0. The number of para-hydroxylation sites is 6. The smallest absolute Gasteiger partial charge is 0.0562 e. The van der Waals surface area contributed by atoms with Gasteiger partial charge in [0.25, 0.3) is 0 Å². The number of hydrogen-bond donors (Lipinski definition) is 0. The van der Waals surface area contributed by atoms with Crippen molar-refractivity contribution < 1.29 is 0 Å². The molecule has 4 heterocycles. The zero-order valence-corrected chi connectivity index (χ0v) is 31.4. The summed E-state index contributed by atoms with van der Waals surface area (Å²) in [6.45, 7) is 0. The summed E-state index contributed by atoms with van der Waals surface area (Å²) in [6, 6.07) is 75.4. The topological polar surface area (TPSA) is 19.7 Å². The molecule has 0 atom stereocenters. The Morgan fingerprint density at radius 2 is 0.621 bits per heavy atom. The van der Waals surface area contributed by atoms with E-state index in [4.69, 9.17) is 0 Å². The Balaban J connectivity index is 1.06. The van der Waals surface area contributed by atoms with Gasteiger partial charge < -0.3 is 18.3 Å². The lowest BCUT2D eigenvalue weighted by Gasteiger charge is -2.12. The minimum absolute atomic E-state index is 1.14. The lowest BCUT2D eigenvalue weighted by Crippen LogP contribution is -1.98. The van der Waals surface area contributed by atoms with E-state index in [9.17, 15) is 0 Å². The summed E-state index contributed by atoms with van der Waals surface area (Å²) < 4.78 is 9.75. The fraction of sp³-hybridized carbons (Fsp3) is 0. The van der Waals surface area contributed by atoms with Crippen molar-refractivity contribution in [1.82, 2.24) is 18.3 Å². The molecule has 0 aliphatic rings. The third kappa shape index (κ3) is 4.23. The summed E-state index contributed by atoms with van der Waals surface area (Å²) in [4.78, 5) is 0. The number of aromatic nitrogens is 4. The van der Waals surface area contributed by atoms with E-state index in [1.807, 2.05) is 0 Å². The highest BCUT2D eigenvalue weighted by Crippen LogP contribution is 2.42. The molecular formula is C54H34N4. The highest BCUT2D eigenvalue weighted by atomic mass is 15.0. The predicted octanol–water partition coefficient (Wildman–Crippen LogP) is 14.1. The normalized spacial score (nSPS) is 12.1. The van der Waals surface area contributed by atoms with Crippen LogP contribution in [0.5, 0.6) is 0 Å². The summed E-state index contributed by atoms with van der Waals surface area (Å²) in [6.07, 6.45) is 0. The van der Waals surface area contributed by atoms with Gasteiger partial charge in [0, 0.05) is 60.2 Å². The van der Waals surface area contributed by atoms with Crippen LogP contribution in [0.1, 0.15) is 0 Å². The van der Waals surface area contributed by atoms with Gasteiger partial charge in [-0.25, -0.2) is 0 Å². The van der Waals surface area contributed by atoms with Crippen LogP contribution < -0.4 is 0 Å². The second-order valence-corrected chi connectivity index (χ2v) is 15.3. The molecule has 270 valence electrons. The minimum Gasteiger partial charge on any atom is -0.309 e. The zero-order chi connectivity index (χ0) is 37.9. The average Bonchev–Trinajstić information content (AvgIpc) is 4.01. The summed E-state index contributed by atoms with van der Waals surface area (Å²) in [5.74, 6) is 0. The maximum Gasteiger partial charge on any atom is 0.0562 e. The third-order valence-electron chi connectivity index (χ3n) is 12.3. The number of nitrogens with zero attached hydrogens (tertiary/aromatic N) is 4. The van der Waals surface area contributed by atoms with Crippen molar-refractivity contribution in [3.05, 3.63) is 206 Å². The Morgan fingerprint density at radius 3 is 1.26 bits per heavy atom. The second kappa shape index (κ2) is 11.8. The Hall–Kier alpha value is -7.82. The van der Waals surface area contributed by atoms with Crippen LogP contribution >= 0.6 is 0 Å². The molecule has 0 aliphatic carbocycles. The van der Waals surface area contributed by atoms with Crippen LogP contribution in [0.2, 0.25) is 0 Å². The summed E-state index contributed by atoms with van der Waals surface area (Å²) in [5.41, 5.74) is 14.2. The SMILES string of the molecule is c1ccc(-n2c3ccccc3c3ccc(-n4c5ccccc5c5cc(-n6c7ccccc7c7c(-n8c9ccccc9c9ccccc98)cccc76)ccc54)cc32)cc1. The Kier molecular flexibility index (Phi) is 6.41. The quantitative estimate of drug-likeness (QED) is 0.171. The highest BCUT2D eigenvalue weighted by Gasteiger charge is 2.21. The third-order valence-corrected chi connectivity index (χ3v) is 12.3. The van der Waals surface area contributed by atoms with Gasteiger partial charge >= 0.3 is 0 Å². The van der Waals surface area contributed by atoms with Crippen LogP contribution in [-0.4, -0.2) is 18.3 Å². The first-order valence-electron chi connectivity index (χ1n) is 20.0. The molecule has 0 saturated carbocycles. The van der Waals surface area contributed by atoms with Crippen LogP contribution in [0.4, 0.5) is 0 Å². The molecule has 13 aromatic rings. The number of fused-ring (bicyclic) bond motifs is 12. The first-order chi connectivity index (χ1) is 28.8. The van der Waals surface area contributed by atoms with Crippen molar-refractivity contribution in [2.24, 2.45) is 0 Å². The van der Waals surface area contributed by atoms with Gasteiger partial charge in [-0.05, 0) is 84.9 Å². The molecule has 13 rings (SSSR count). The van der Waals surface area contributed by atoms with Crippen molar-refractivity contribution >= 4 is 87.2 Å². The molecule has 0 amide bonds. The minimum atomic E-state index is 1.14. The van der Waals surface area contributed by atoms with E-state index < -0.39 is 0 Å². The molecule has 0 unspecified atom stereocenters. The van der Waals surface area contributed by atoms with Crippen molar-refractivity contribution in [2.75, 3.05) is 0 Å². The Morgan fingerprint density at radius 1 is 0.207 bits per heavy atom. The number of hydrogen-bond acceptors (Lipinski definition) is 0. The molecule has 0 saturated heterocycles. The fourth-order valence-corrected chi connectivity index (χ4v) is 9.98. The van der Waals surface area contributed by atoms with E-state index in [0.717, 1.165) is 17.1 Å². The molecule has 0 N–H and O–H groups in total. The maximum absolute atomic E-state index is 2.46. The van der Waals surface area contributed by atoms with Gasteiger partial charge in [-0.15, -0.1) is 0 Å². The average molecular weight is 739 g/mol. The standard InChI is InChI=1S/C54H34N4/c1-2-15-35(16-3-1)55-45-22-9-4-19-40(45)42-31-29-37(34-53(42)55)56-46-23-10-7-20-41(46)44-33-36(30-32-50(44)56)57-49-26-13-8-21-43(49)54-51(57)27-14-28-52(54)58-47-24-11-5-17-38(47)39-18-6-12-25-48(39)58/h1-34H. The van der Waals surface area contributed by atoms with Crippen molar-refractivity contribution in [3.8, 4) is 22.7 Å². The van der Waals surface area contributed by atoms with E-state index >= 15 is 0 Å². The van der Waals surface area contributed by atoms with Crippen LogP contribution in [0, 0.1) is 0 Å². The van der Waals surface area contributed by atoms with Crippen molar-refractivity contribution in [3.63, 3.8) is 0 Å². The number of benzene rings is 9. The Labute approximate surface area is 333 Å². The molecule has 0 radical (unpaired) electrons. The fourth-order valence-electron chi connectivity index (χ4n) is 9.98. The van der Waals surface area contributed by atoms with Crippen molar-refractivity contribution in [1.29, 1.82) is 0 Å². The predicted molar refractivity (Wildman–Crippen MR) is 244 cm³/mol. The molecule has 0 spiro atoms. The molecule has 4 nitrogen and oxygen atoms in total. The lowest BCUT2D eigenvalue weighted by molar-refractivity contribution is 1.15. The van der Waals surface area contributed by atoms with Crippen molar-refractivity contribution in [2.45, 2.75) is 0 Å². The first kappa shape index (κ1) is 31.4. The van der Waals surface area contributed by atoms with Gasteiger partial charge in [-0.3, -0.25) is 0 Å². The van der Waals surface area contributed by atoms with Crippen LogP contribution in [0.25, 0.3) is 110 Å². The molecule has 0 bridgehead atoms. The largest absolute Gasteiger partial charge is 0.309 e. The monoisotopic (exact) mass is 738 g/mol. The van der Waals surface area contributed by atoms with Gasteiger partial charge in [0.1, 0.15) is 0 Å². The molecule has 58 heavy (non-hydrogen) atoms. The highest BCUT2D eigenvalue weighted by molar-refractivity contribution is 6.17.